The molecule has 0 radical (unpaired) electrons. The van der Waals surface area contributed by atoms with Gasteiger partial charge in [-0.2, -0.15) is 0 Å². The highest BCUT2D eigenvalue weighted by Gasteiger charge is 2.17. The number of sulfonamides is 1. The Balaban J connectivity index is 1.75. The van der Waals surface area contributed by atoms with Crippen molar-refractivity contribution in [2.24, 2.45) is 0 Å². The van der Waals surface area contributed by atoms with Gasteiger partial charge in [0, 0.05) is 5.56 Å². The number of amides is 1. The summed E-state index contributed by atoms with van der Waals surface area (Å²) in [6.45, 7) is 5.72. The molecule has 1 atom stereocenters. The summed E-state index contributed by atoms with van der Waals surface area (Å²) in [7, 11) is -3.68. The highest BCUT2D eigenvalue weighted by atomic mass is 32.2. The van der Waals surface area contributed by atoms with Crippen LogP contribution in [0.3, 0.4) is 0 Å². The Morgan fingerprint density at radius 1 is 0.862 bits per heavy atom. The smallest absolute Gasteiger partial charge is 0.261 e. The van der Waals surface area contributed by atoms with Crippen molar-refractivity contribution in [2.75, 3.05) is 4.72 Å². The van der Waals surface area contributed by atoms with Crippen molar-refractivity contribution >= 4 is 21.6 Å². The highest BCUT2D eigenvalue weighted by molar-refractivity contribution is 7.92. The Hall–Kier alpha value is -3.12. The van der Waals surface area contributed by atoms with Crippen molar-refractivity contribution in [2.45, 2.75) is 31.7 Å². The maximum Gasteiger partial charge on any atom is 0.261 e. The quantitative estimate of drug-likeness (QED) is 0.626. The highest BCUT2D eigenvalue weighted by Crippen LogP contribution is 2.22. The molecule has 0 saturated heterocycles. The standard InChI is InChI=1S/C23H24N2O3S/c1-16-9-7-8-12-21(16)18(3)24-23(26)19-13-14-22(17(2)15-19)25-29(27,28)20-10-5-4-6-11-20/h4-15,18,25H,1-3H3,(H,24,26)/t18-/m0/s1. The molecule has 0 unspecified atom stereocenters. The van der Waals surface area contributed by atoms with E-state index < -0.39 is 10.0 Å². The van der Waals surface area contributed by atoms with Gasteiger partial charge in [-0.05, 0) is 67.8 Å². The Labute approximate surface area is 171 Å². The monoisotopic (exact) mass is 408 g/mol. The van der Waals surface area contributed by atoms with Gasteiger partial charge >= 0.3 is 0 Å². The minimum atomic E-state index is -3.68. The van der Waals surface area contributed by atoms with E-state index in [1.807, 2.05) is 38.1 Å². The first-order chi connectivity index (χ1) is 13.8. The molecule has 29 heavy (non-hydrogen) atoms. The second kappa shape index (κ2) is 8.49. The molecule has 5 nitrogen and oxygen atoms in total. The molecule has 0 aliphatic carbocycles. The van der Waals surface area contributed by atoms with Crippen molar-refractivity contribution in [1.82, 2.24) is 5.32 Å². The molecule has 3 rings (SSSR count). The van der Waals surface area contributed by atoms with Gasteiger partial charge < -0.3 is 5.32 Å². The zero-order valence-corrected chi connectivity index (χ0v) is 17.5. The first kappa shape index (κ1) is 20.6. The lowest BCUT2D eigenvalue weighted by atomic mass is 10.0. The van der Waals surface area contributed by atoms with E-state index in [9.17, 15) is 13.2 Å². The molecule has 0 aliphatic heterocycles. The van der Waals surface area contributed by atoms with E-state index in [-0.39, 0.29) is 16.8 Å². The van der Waals surface area contributed by atoms with E-state index in [0.717, 1.165) is 11.1 Å². The molecular formula is C23H24N2O3S. The van der Waals surface area contributed by atoms with Crippen molar-refractivity contribution in [3.63, 3.8) is 0 Å². The normalized spacial score (nSPS) is 12.2. The number of anilines is 1. The molecule has 0 aromatic heterocycles. The summed E-state index contributed by atoms with van der Waals surface area (Å²) in [6, 6.07) is 20.9. The van der Waals surface area contributed by atoms with Crippen LogP contribution in [0.2, 0.25) is 0 Å². The lowest BCUT2D eigenvalue weighted by Crippen LogP contribution is -2.27. The molecule has 0 saturated carbocycles. The zero-order chi connectivity index (χ0) is 21.0. The van der Waals surface area contributed by atoms with Crippen LogP contribution in [0.25, 0.3) is 0 Å². The van der Waals surface area contributed by atoms with Crippen LogP contribution in [0.4, 0.5) is 5.69 Å². The first-order valence-corrected chi connectivity index (χ1v) is 10.8. The van der Waals surface area contributed by atoms with E-state index in [0.29, 0.717) is 16.8 Å². The fourth-order valence-electron chi connectivity index (χ4n) is 3.15. The van der Waals surface area contributed by atoms with E-state index in [2.05, 4.69) is 10.0 Å². The fraction of sp³-hybridized carbons (Fsp3) is 0.174. The molecule has 2 N–H and O–H groups in total. The third-order valence-corrected chi connectivity index (χ3v) is 6.17. The van der Waals surface area contributed by atoms with Gasteiger partial charge in [0.15, 0.2) is 0 Å². The largest absolute Gasteiger partial charge is 0.346 e. The van der Waals surface area contributed by atoms with Gasteiger partial charge in [0.25, 0.3) is 15.9 Å². The SMILES string of the molecule is Cc1cc(C(=O)N[C@@H](C)c2ccccc2C)ccc1NS(=O)(=O)c1ccccc1. The summed E-state index contributed by atoms with van der Waals surface area (Å²) < 4.78 is 27.6. The average Bonchev–Trinajstić information content (AvgIpc) is 2.70. The minimum Gasteiger partial charge on any atom is -0.346 e. The van der Waals surface area contributed by atoms with E-state index >= 15 is 0 Å². The Morgan fingerprint density at radius 3 is 2.17 bits per heavy atom. The van der Waals surface area contributed by atoms with E-state index in [4.69, 9.17) is 0 Å². The summed E-state index contributed by atoms with van der Waals surface area (Å²) in [5.41, 5.74) is 3.76. The number of carbonyl (C=O) groups excluding carboxylic acids is 1. The maximum absolute atomic E-state index is 12.7. The van der Waals surface area contributed by atoms with E-state index in [1.165, 1.54) is 12.1 Å². The van der Waals surface area contributed by atoms with Crippen molar-refractivity contribution in [1.29, 1.82) is 0 Å². The molecule has 0 spiro atoms. The summed E-state index contributed by atoms with van der Waals surface area (Å²) in [5, 5.41) is 3.00. The van der Waals surface area contributed by atoms with Gasteiger partial charge in [0.2, 0.25) is 0 Å². The third kappa shape index (κ3) is 4.84. The van der Waals surface area contributed by atoms with Crippen LogP contribution in [-0.2, 0) is 10.0 Å². The maximum atomic E-state index is 12.7. The van der Waals surface area contributed by atoms with Crippen LogP contribution >= 0.6 is 0 Å². The Bertz CT molecular complexity index is 1130. The molecule has 3 aromatic carbocycles. The minimum absolute atomic E-state index is 0.139. The first-order valence-electron chi connectivity index (χ1n) is 9.33. The van der Waals surface area contributed by atoms with Gasteiger partial charge in [0.05, 0.1) is 16.6 Å². The third-order valence-electron chi connectivity index (χ3n) is 4.79. The average molecular weight is 409 g/mol. The predicted octanol–water partition coefficient (Wildman–Crippen LogP) is 4.60. The number of carbonyl (C=O) groups is 1. The molecule has 6 heteroatoms. The molecule has 1 amide bonds. The fourth-order valence-corrected chi connectivity index (χ4v) is 4.30. The lowest BCUT2D eigenvalue weighted by molar-refractivity contribution is 0.0939. The van der Waals surface area contributed by atoms with Gasteiger partial charge in [-0.15, -0.1) is 0 Å². The van der Waals surface area contributed by atoms with Crippen LogP contribution < -0.4 is 10.0 Å². The van der Waals surface area contributed by atoms with Crippen molar-refractivity contribution < 1.29 is 13.2 Å². The van der Waals surface area contributed by atoms with Gasteiger partial charge in [-0.25, -0.2) is 8.42 Å². The molecule has 150 valence electrons. The summed E-state index contributed by atoms with van der Waals surface area (Å²) in [6.07, 6.45) is 0. The number of nitrogens with one attached hydrogen (secondary N) is 2. The number of hydrogen-bond donors (Lipinski definition) is 2. The molecule has 3 aromatic rings. The second-order valence-corrected chi connectivity index (χ2v) is 8.68. The number of rotatable bonds is 6. The second-order valence-electron chi connectivity index (χ2n) is 7.00. The molecule has 0 aliphatic rings. The molecule has 0 fully saturated rings. The molecule has 0 bridgehead atoms. The number of benzene rings is 3. The molecular weight excluding hydrogens is 384 g/mol. The molecule has 0 heterocycles. The van der Waals surface area contributed by atoms with Gasteiger partial charge in [-0.1, -0.05) is 42.5 Å². The van der Waals surface area contributed by atoms with Crippen molar-refractivity contribution in [3.05, 3.63) is 95.1 Å². The van der Waals surface area contributed by atoms with Gasteiger partial charge in [0.1, 0.15) is 0 Å². The topological polar surface area (TPSA) is 75.3 Å². The van der Waals surface area contributed by atoms with Crippen molar-refractivity contribution in [3.8, 4) is 0 Å². The summed E-state index contributed by atoms with van der Waals surface area (Å²) >= 11 is 0. The van der Waals surface area contributed by atoms with Crippen LogP contribution in [0.1, 0.15) is 40.0 Å². The summed E-state index contributed by atoms with van der Waals surface area (Å²) in [5.74, 6) is -0.207. The Kier molecular flexibility index (Phi) is 6.03. The van der Waals surface area contributed by atoms with Crippen LogP contribution in [0.5, 0.6) is 0 Å². The number of hydrogen-bond acceptors (Lipinski definition) is 3. The van der Waals surface area contributed by atoms with Crippen LogP contribution in [0, 0.1) is 13.8 Å². The number of aryl methyl sites for hydroxylation is 2. The van der Waals surface area contributed by atoms with Gasteiger partial charge in [-0.3, -0.25) is 9.52 Å². The van der Waals surface area contributed by atoms with Crippen LogP contribution in [0.15, 0.2) is 77.7 Å². The van der Waals surface area contributed by atoms with E-state index in [1.54, 1.807) is 43.3 Å². The Morgan fingerprint density at radius 2 is 1.52 bits per heavy atom. The van der Waals surface area contributed by atoms with Crippen LogP contribution in [-0.4, -0.2) is 14.3 Å². The lowest BCUT2D eigenvalue weighted by Gasteiger charge is -2.17. The summed E-state index contributed by atoms with van der Waals surface area (Å²) in [4.78, 5) is 12.8. The predicted molar refractivity (Wildman–Crippen MR) is 115 cm³/mol. The zero-order valence-electron chi connectivity index (χ0n) is 16.6.